The fourth-order valence-corrected chi connectivity index (χ4v) is 2.01. The van der Waals surface area contributed by atoms with E-state index < -0.39 is 0 Å². The maximum absolute atomic E-state index is 12.2. The van der Waals surface area contributed by atoms with E-state index in [4.69, 9.17) is 11.6 Å². The number of halogens is 1. The summed E-state index contributed by atoms with van der Waals surface area (Å²) in [5.74, 6) is -0.164. The van der Waals surface area contributed by atoms with Crippen molar-refractivity contribution < 1.29 is 4.79 Å². The third-order valence-electron chi connectivity index (χ3n) is 3.03. The zero-order chi connectivity index (χ0) is 14.0. The third-order valence-corrected chi connectivity index (χ3v) is 3.44. The number of nitrogens with one attached hydrogen (secondary N) is 1. The van der Waals surface area contributed by atoms with Crippen molar-refractivity contribution in [1.29, 1.82) is 0 Å². The lowest BCUT2D eigenvalue weighted by Crippen LogP contribution is -2.13. The average molecular weight is 278 g/mol. The molecule has 0 spiro atoms. The average Bonchev–Trinajstić information content (AvgIpc) is 2.76. The molecule has 100 valence electrons. The molecule has 0 aliphatic carbocycles. The van der Waals surface area contributed by atoms with Gasteiger partial charge in [-0.1, -0.05) is 17.7 Å². The highest BCUT2D eigenvalue weighted by atomic mass is 35.5. The molecule has 2 rings (SSSR count). The molecule has 0 radical (unpaired) electrons. The highest BCUT2D eigenvalue weighted by Gasteiger charge is 2.14. The van der Waals surface area contributed by atoms with Crippen molar-refractivity contribution in [3.63, 3.8) is 0 Å². The molecule has 0 unspecified atom stereocenters. The Morgan fingerprint density at radius 1 is 1.42 bits per heavy atom. The van der Waals surface area contributed by atoms with E-state index in [2.05, 4.69) is 10.4 Å². The lowest BCUT2D eigenvalue weighted by atomic mass is 10.2. The van der Waals surface area contributed by atoms with Crippen LogP contribution in [0.25, 0.3) is 0 Å². The second kappa shape index (κ2) is 5.45. The van der Waals surface area contributed by atoms with Crippen molar-refractivity contribution >= 4 is 23.2 Å². The van der Waals surface area contributed by atoms with E-state index in [1.165, 1.54) is 0 Å². The number of amides is 1. The van der Waals surface area contributed by atoms with Gasteiger partial charge in [0.2, 0.25) is 0 Å². The number of benzene rings is 1. The molecule has 0 fully saturated rings. The molecule has 0 saturated carbocycles. The summed E-state index contributed by atoms with van der Waals surface area (Å²) < 4.78 is 1.75. The molecular formula is C14H16ClN3O. The van der Waals surface area contributed by atoms with Gasteiger partial charge in [-0.25, -0.2) is 0 Å². The zero-order valence-electron chi connectivity index (χ0n) is 11.2. The summed E-state index contributed by atoms with van der Waals surface area (Å²) in [4.78, 5) is 12.2. The van der Waals surface area contributed by atoms with E-state index in [9.17, 15) is 4.79 Å². The molecule has 0 bridgehead atoms. The van der Waals surface area contributed by atoms with Gasteiger partial charge < -0.3 is 5.32 Å². The molecule has 0 saturated heterocycles. The quantitative estimate of drug-likeness (QED) is 0.934. The number of aromatic nitrogens is 2. The molecule has 1 heterocycles. The molecule has 2 aromatic rings. The zero-order valence-corrected chi connectivity index (χ0v) is 12.0. The molecule has 1 N–H and O–H groups in total. The number of hydrogen-bond donors (Lipinski definition) is 1. The van der Waals surface area contributed by atoms with Crippen LogP contribution in [0.5, 0.6) is 0 Å². The maximum Gasteiger partial charge on any atom is 0.259 e. The van der Waals surface area contributed by atoms with E-state index in [0.717, 1.165) is 23.5 Å². The van der Waals surface area contributed by atoms with Gasteiger partial charge in [-0.2, -0.15) is 5.10 Å². The number of nitrogens with zero attached hydrogens (tertiary/aromatic N) is 2. The second-order valence-electron chi connectivity index (χ2n) is 4.35. The Morgan fingerprint density at radius 3 is 2.79 bits per heavy atom. The van der Waals surface area contributed by atoms with Crippen molar-refractivity contribution in [2.75, 3.05) is 5.32 Å². The first-order chi connectivity index (χ1) is 9.02. The highest BCUT2D eigenvalue weighted by molar-refractivity contribution is 6.31. The predicted molar refractivity (Wildman–Crippen MR) is 76.8 cm³/mol. The van der Waals surface area contributed by atoms with E-state index in [1.807, 2.05) is 32.9 Å². The van der Waals surface area contributed by atoms with Crippen molar-refractivity contribution in [3.05, 3.63) is 46.2 Å². The molecule has 0 aliphatic rings. The Balaban J connectivity index is 2.25. The van der Waals surface area contributed by atoms with Crippen molar-refractivity contribution in [2.45, 2.75) is 27.3 Å². The van der Waals surface area contributed by atoms with Gasteiger partial charge in [0.15, 0.2) is 0 Å². The molecular weight excluding hydrogens is 262 g/mol. The molecule has 1 amide bonds. The number of aryl methyl sites for hydroxylation is 2. The monoisotopic (exact) mass is 277 g/mol. The SMILES string of the molecule is CCn1cc(C(=O)Nc2cccc(Cl)c2C)c(C)n1. The molecule has 1 aromatic carbocycles. The molecule has 0 aliphatic heterocycles. The summed E-state index contributed by atoms with van der Waals surface area (Å²) in [5.41, 5.74) is 2.89. The lowest BCUT2D eigenvalue weighted by Gasteiger charge is -2.08. The number of rotatable bonds is 3. The molecule has 19 heavy (non-hydrogen) atoms. The van der Waals surface area contributed by atoms with Gasteiger partial charge in [-0.15, -0.1) is 0 Å². The van der Waals surface area contributed by atoms with E-state index in [0.29, 0.717) is 10.6 Å². The van der Waals surface area contributed by atoms with Gasteiger partial charge >= 0.3 is 0 Å². The minimum Gasteiger partial charge on any atom is -0.322 e. The Labute approximate surface area is 117 Å². The number of carbonyl (C=O) groups is 1. The van der Waals surface area contributed by atoms with Gasteiger partial charge in [0.25, 0.3) is 5.91 Å². The summed E-state index contributed by atoms with van der Waals surface area (Å²) >= 11 is 6.03. The number of hydrogen-bond acceptors (Lipinski definition) is 2. The van der Waals surface area contributed by atoms with Crippen LogP contribution in [0.4, 0.5) is 5.69 Å². The molecule has 1 aromatic heterocycles. The van der Waals surface area contributed by atoms with E-state index >= 15 is 0 Å². The predicted octanol–water partition coefficient (Wildman–Crippen LogP) is 3.43. The van der Waals surface area contributed by atoms with Gasteiger partial charge in [0, 0.05) is 23.5 Å². The van der Waals surface area contributed by atoms with Crippen LogP contribution in [0.2, 0.25) is 5.02 Å². The van der Waals surface area contributed by atoms with Crippen LogP contribution < -0.4 is 5.32 Å². The third kappa shape index (κ3) is 2.79. The number of carbonyl (C=O) groups excluding carboxylic acids is 1. The van der Waals surface area contributed by atoms with Crippen LogP contribution in [0.1, 0.15) is 28.5 Å². The lowest BCUT2D eigenvalue weighted by molar-refractivity contribution is 0.102. The fourth-order valence-electron chi connectivity index (χ4n) is 1.84. The Hall–Kier alpha value is -1.81. The van der Waals surface area contributed by atoms with Gasteiger partial charge in [0.1, 0.15) is 0 Å². The standard InChI is InChI=1S/C14H16ClN3O/c1-4-18-8-11(10(3)17-18)14(19)16-13-7-5-6-12(15)9(13)2/h5-8H,4H2,1-3H3,(H,16,19). The second-order valence-corrected chi connectivity index (χ2v) is 4.76. The fraction of sp³-hybridized carbons (Fsp3) is 0.286. The smallest absolute Gasteiger partial charge is 0.259 e. The topological polar surface area (TPSA) is 46.9 Å². The van der Waals surface area contributed by atoms with Crippen molar-refractivity contribution in [1.82, 2.24) is 9.78 Å². The van der Waals surface area contributed by atoms with Crippen LogP contribution in [0, 0.1) is 13.8 Å². The normalized spacial score (nSPS) is 10.5. The largest absolute Gasteiger partial charge is 0.322 e. The minimum absolute atomic E-state index is 0.164. The summed E-state index contributed by atoms with van der Waals surface area (Å²) in [6.07, 6.45) is 1.75. The minimum atomic E-state index is -0.164. The summed E-state index contributed by atoms with van der Waals surface area (Å²) in [5, 5.41) is 7.77. The number of anilines is 1. The Morgan fingerprint density at radius 2 is 2.16 bits per heavy atom. The summed E-state index contributed by atoms with van der Waals surface area (Å²) in [6, 6.07) is 5.44. The maximum atomic E-state index is 12.2. The first-order valence-corrected chi connectivity index (χ1v) is 6.51. The van der Waals surface area contributed by atoms with Gasteiger partial charge in [-0.3, -0.25) is 9.48 Å². The van der Waals surface area contributed by atoms with Crippen LogP contribution in [0.15, 0.2) is 24.4 Å². The van der Waals surface area contributed by atoms with Gasteiger partial charge in [0.05, 0.1) is 11.3 Å². The Kier molecular flexibility index (Phi) is 3.90. The Bertz CT molecular complexity index is 619. The van der Waals surface area contributed by atoms with E-state index in [1.54, 1.807) is 16.9 Å². The molecule has 5 heteroatoms. The first kappa shape index (κ1) is 13.6. The summed E-state index contributed by atoms with van der Waals surface area (Å²) in [6.45, 7) is 6.42. The van der Waals surface area contributed by atoms with Crippen LogP contribution in [-0.4, -0.2) is 15.7 Å². The molecule has 0 atom stereocenters. The van der Waals surface area contributed by atoms with Crippen LogP contribution in [-0.2, 0) is 6.54 Å². The summed E-state index contributed by atoms with van der Waals surface area (Å²) in [7, 11) is 0. The first-order valence-electron chi connectivity index (χ1n) is 6.13. The van der Waals surface area contributed by atoms with Crippen LogP contribution in [0.3, 0.4) is 0 Å². The van der Waals surface area contributed by atoms with Crippen LogP contribution >= 0.6 is 11.6 Å². The van der Waals surface area contributed by atoms with Crippen molar-refractivity contribution in [3.8, 4) is 0 Å². The van der Waals surface area contributed by atoms with Gasteiger partial charge in [-0.05, 0) is 38.5 Å². The highest BCUT2D eigenvalue weighted by Crippen LogP contribution is 2.23. The van der Waals surface area contributed by atoms with E-state index in [-0.39, 0.29) is 5.91 Å². The molecule has 4 nitrogen and oxygen atoms in total. The van der Waals surface area contributed by atoms with Crippen molar-refractivity contribution in [2.24, 2.45) is 0 Å².